The molecule has 0 fully saturated rings. The maximum absolute atomic E-state index is 8.97. The van der Waals surface area contributed by atoms with Crippen LogP contribution in [0.2, 0.25) is 0 Å². The van der Waals surface area contributed by atoms with Gasteiger partial charge in [-0.15, -0.1) is 0 Å². The zero-order valence-electron chi connectivity index (χ0n) is 29.5. The minimum absolute atomic E-state index is 0.0182. The molecule has 0 radical (unpaired) electrons. The molecule has 7 rings (SSSR count). The fourth-order valence-electron chi connectivity index (χ4n) is 7.75. The number of hydrogen-bond acceptors (Lipinski definition) is 3. The molecule has 2 aliphatic carbocycles. The summed E-state index contributed by atoms with van der Waals surface area (Å²) in [5.41, 5.74) is 6.33. The highest BCUT2D eigenvalue weighted by Crippen LogP contribution is 2.66. The maximum atomic E-state index is 8.97. The number of fused-ring (bicyclic) bond motifs is 5. The molecule has 0 atom stereocenters. The Hall–Kier alpha value is -3.46. The highest BCUT2D eigenvalue weighted by Gasteiger charge is 2.64. The van der Waals surface area contributed by atoms with E-state index < -0.39 is 18.6 Å². The summed E-state index contributed by atoms with van der Waals surface area (Å²) >= 11 is 0. The Kier molecular flexibility index (Phi) is 4.11. The molecule has 0 amide bonds. The number of hydrogen-bond donors (Lipinski definition) is 0. The Balaban J connectivity index is 1.41. The molecule has 0 bridgehead atoms. The van der Waals surface area contributed by atoms with Gasteiger partial charge in [0.15, 0.2) is 0 Å². The molecule has 0 saturated carbocycles. The minimum atomic E-state index is -2.51. The third-order valence-electron chi connectivity index (χ3n) is 9.94. The lowest BCUT2D eigenvalue weighted by Crippen LogP contribution is -2.48. The monoisotopic (exact) mass is 533 g/mol. The van der Waals surface area contributed by atoms with Gasteiger partial charge in [-0.25, -0.2) is 4.98 Å². The van der Waals surface area contributed by atoms with Gasteiger partial charge in [0, 0.05) is 34.8 Å². The van der Waals surface area contributed by atoms with Gasteiger partial charge >= 0.3 is 0 Å². The second-order valence-electron chi connectivity index (χ2n) is 14.0. The van der Waals surface area contributed by atoms with Crippen molar-refractivity contribution in [3.63, 3.8) is 0 Å². The molecule has 0 N–H and O–H groups in total. The molecule has 3 heterocycles. The summed E-state index contributed by atoms with van der Waals surface area (Å²) in [4.78, 5) is 9.83. The highest BCUT2D eigenvalue weighted by molar-refractivity contribution is 6.08. The van der Waals surface area contributed by atoms with Gasteiger partial charge in [-0.2, -0.15) is 0 Å². The second-order valence-corrected chi connectivity index (χ2v) is 14.0. The van der Waals surface area contributed by atoms with E-state index in [9.17, 15) is 0 Å². The van der Waals surface area contributed by atoms with Crippen LogP contribution in [0.3, 0.4) is 0 Å². The summed E-state index contributed by atoms with van der Waals surface area (Å²) in [5.74, 6) is 0. The fraction of sp³-hybridized carbons (Fsp3) is 0.405. The number of rotatable bonds is 2. The van der Waals surface area contributed by atoms with Crippen molar-refractivity contribution in [2.24, 2.45) is 10.8 Å². The summed E-state index contributed by atoms with van der Waals surface area (Å²) in [7, 11) is 0. The van der Waals surface area contributed by atoms with E-state index in [1.165, 1.54) is 22.9 Å². The lowest BCUT2D eigenvalue weighted by molar-refractivity contribution is 0.0874. The molecule has 3 aromatic heterocycles. The van der Waals surface area contributed by atoms with Gasteiger partial charge in [-0.05, 0) is 88.3 Å². The number of aromatic nitrogens is 2. The second kappa shape index (κ2) is 8.06. The minimum Gasteiger partial charge on any atom is -0.437 e. The van der Waals surface area contributed by atoms with Gasteiger partial charge in [0.2, 0.25) is 5.71 Å². The Morgan fingerprint density at radius 3 is 2.33 bits per heavy atom. The van der Waals surface area contributed by atoms with E-state index in [4.69, 9.17) is 16.3 Å². The van der Waals surface area contributed by atoms with E-state index in [0.29, 0.717) is 22.6 Å². The number of pyridine rings is 2. The van der Waals surface area contributed by atoms with E-state index in [1.807, 2.05) is 18.2 Å². The fourth-order valence-corrected chi connectivity index (χ4v) is 7.75. The summed E-state index contributed by atoms with van der Waals surface area (Å²) in [6.07, 6.45) is 1.40. The van der Waals surface area contributed by atoms with Crippen molar-refractivity contribution in [1.29, 1.82) is 0 Å². The smallest absolute Gasteiger partial charge is 0.227 e. The summed E-state index contributed by atoms with van der Waals surface area (Å²) in [5, 5.41) is 1.84. The zero-order valence-corrected chi connectivity index (χ0v) is 24.5. The number of nitrogens with zero attached hydrogens (tertiary/aromatic N) is 2. The van der Waals surface area contributed by atoms with Crippen molar-refractivity contribution in [2.45, 2.75) is 85.4 Å². The summed E-state index contributed by atoms with van der Waals surface area (Å²) in [6.45, 7) is 12.2. The van der Waals surface area contributed by atoms with Crippen molar-refractivity contribution in [1.82, 2.24) is 9.97 Å². The van der Waals surface area contributed by atoms with Crippen LogP contribution in [-0.2, 0) is 30.0 Å². The van der Waals surface area contributed by atoms with Crippen LogP contribution < -0.4 is 0 Å². The summed E-state index contributed by atoms with van der Waals surface area (Å²) in [6, 6.07) is 18.6. The Labute approximate surface area is 245 Å². The molecule has 5 aromatic rings. The van der Waals surface area contributed by atoms with E-state index in [-0.39, 0.29) is 27.4 Å². The molecule has 204 valence electrons. The first-order chi connectivity index (χ1) is 20.8. The molecule has 3 heteroatoms. The van der Waals surface area contributed by atoms with E-state index in [0.717, 1.165) is 29.3 Å². The quantitative estimate of drug-likeness (QED) is 0.227. The van der Waals surface area contributed by atoms with E-state index in [1.54, 1.807) is 26.8 Å². The lowest BCUT2D eigenvalue weighted by atomic mass is 9.55. The van der Waals surface area contributed by atoms with Crippen molar-refractivity contribution < 1.29 is 11.3 Å². The first-order valence-electron chi connectivity index (χ1n) is 16.8. The van der Waals surface area contributed by atoms with Crippen molar-refractivity contribution in [3.05, 3.63) is 94.3 Å². The lowest BCUT2D eigenvalue weighted by Gasteiger charge is -2.47. The molecular weight excluding hydrogens is 488 g/mol. The highest BCUT2D eigenvalue weighted by atomic mass is 16.3. The molecule has 2 aliphatic rings. The molecule has 2 aromatic carbocycles. The maximum Gasteiger partial charge on any atom is 0.227 e. The molecular formula is C37H40N2O. The zero-order chi connectivity index (χ0) is 32.5. The van der Waals surface area contributed by atoms with Gasteiger partial charge in [0.25, 0.3) is 0 Å². The van der Waals surface area contributed by atoms with Crippen LogP contribution >= 0.6 is 0 Å². The summed E-state index contributed by atoms with van der Waals surface area (Å²) < 4.78 is 48.8. The predicted octanol–water partition coefficient (Wildman–Crippen LogP) is 9.29. The van der Waals surface area contributed by atoms with Gasteiger partial charge in [-0.1, -0.05) is 84.9 Å². The van der Waals surface area contributed by atoms with Crippen molar-refractivity contribution >= 4 is 22.1 Å². The predicted molar refractivity (Wildman–Crippen MR) is 165 cm³/mol. The molecule has 40 heavy (non-hydrogen) atoms. The van der Waals surface area contributed by atoms with E-state index >= 15 is 0 Å². The third-order valence-corrected chi connectivity index (χ3v) is 9.94. The number of furan rings is 1. The number of aryl methyl sites for hydroxylation is 1. The van der Waals surface area contributed by atoms with Crippen LogP contribution in [0.25, 0.3) is 33.3 Å². The van der Waals surface area contributed by atoms with Crippen LogP contribution in [0.1, 0.15) is 88.8 Å². The van der Waals surface area contributed by atoms with Crippen LogP contribution in [0.15, 0.2) is 65.2 Å². The average Bonchev–Trinajstić information content (AvgIpc) is 3.57. The van der Waals surface area contributed by atoms with Gasteiger partial charge in [-0.3, -0.25) is 4.98 Å². The molecule has 3 nitrogen and oxygen atoms in total. The number of benzene rings is 2. The van der Waals surface area contributed by atoms with Crippen molar-refractivity contribution in [3.8, 4) is 11.3 Å². The molecule has 0 aliphatic heterocycles. The van der Waals surface area contributed by atoms with E-state index in [2.05, 4.69) is 63.0 Å². The van der Waals surface area contributed by atoms with Gasteiger partial charge in [0.1, 0.15) is 5.58 Å². The first-order valence-corrected chi connectivity index (χ1v) is 14.3. The standard InChI is InChI=1S/C37H40N2O/c1-22-21-38-30(16-25(22)18-34(2,3)4)27-15-11-14-26-28-17-29-32(39-33(28)40-31(26)27)36(7,8)37(35(29,5)6)19-23-12-9-10-13-24(23)20-37/h9-17,21H,18-20H2,1-8H3/i1D3,18D2. The largest absolute Gasteiger partial charge is 0.437 e. The normalized spacial score (nSPS) is 21.0. The first kappa shape index (κ1) is 20.4. The topological polar surface area (TPSA) is 38.9 Å². The average molecular weight is 534 g/mol. The van der Waals surface area contributed by atoms with Gasteiger partial charge < -0.3 is 4.42 Å². The number of para-hydroxylation sites is 1. The van der Waals surface area contributed by atoms with Crippen molar-refractivity contribution in [2.75, 3.05) is 0 Å². The van der Waals surface area contributed by atoms with Gasteiger partial charge in [0.05, 0.1) is 11.4 Å². The third kappa shape index (κ3) is 3.36. The molecule has 0 unspecified atom stereocenters. The Morgan fingerprint density at radius 1 is 0.925 bits per heavy atom. The molecule has 1 spiro atoms. The Bertz CT molecular complexity index is 2000. The Morgan fingerprint density at radius 2 is 1.65 bits per heavy atom. The molecule has 0 saturated heterocycles. The van der Waals surface area contributed by atoms with Crippen LogP contribution in [-0.4, -0.2) is 9.97 Å². The van der Waals surface area contributed by atoms with Crippen LogP contribution in [0.5, 0.6) is 0 Å². The SMILES string of the molecule is [2H]C([2H])([2H])c1cnc(-c2cccc3c2oc2nc4c(cc23)C(C)(C)C2(Cc3ccccc3C2)C4(C)C)cc1C([2H])([2H])C(C)(C)C. The van der Waals surface area contributed by atoms with Crippen LogP contribution in [0, 0.1) is 17.7 Å². The van der Waals surface area contributed by atoms with Crippen LogP contribution in [0.4, 0.5) is 0 Å².